The summed E-state index contributed by atoms with van der Waals surface area (Å²) in [6.07, 6.45) is -2.31. The van der Waals surface area contributed by atoms with Crippen molar-refractivity contribution in [3.63, 3.8) is 0 Å². The molecule has 0 spiro atoms. The van der Waals surface area contributed by atoms with E-state index in [0.717, 1.165) is 22.5 Å². The third-order valence-corrected chi connectivity index (χ3v) is 8.13. The molecule has 0 saturated carbocycles. The number of carboxylic acid groups (broad SMARTS) is 1. The second kappa shape index (κ2) is 11.3. The molecule has 0 bridgehead atoms. The van der Waals surface area contributed by atoms with E-state index in [4.69, 9.17) is 21.4 Å². The molecule has 0 radical (unpaired) electrons. The second-order valence-electron chi connectivity index (χ2n) is 8.78. The van der Waals surface area contributed by atoms with E-state index in [1.807, 2.05) is 0 Å². The predicted molar refractivity (Wildman–Crippen MR) is 139 cm³/mol. The van der Waals surface area contributed by atoms with E-state index in [-0.39, 0.29) is 47.8 Å². The van der Waals surface area contributed by atoms with E-state index in [1.54, 1.807) is 6.07 Å². The van der Waals surface area contributed by atoms with E-state index in [2.05, 4.69) is 0 Å². The molecule has 1 heterocycles. The lowest BCUT2D eigenvalue weighted by atomic mass is 10.1. The number of anilines is 1. The number of carboxylic acids is 1. The van der Waals surface area contributed by atoms with Crippen molar-refractivity contribution in [2.75, 3.05) is 10.8 Å². The summed E-state index contributed by atoms with van der Waals surface area (Å²) >= 11 is 6.07. The highest BCUT2D eigenvalue weighted by Crippen LogP contribution is 2.40. The van der Waals surface area contributed by atoms with Gasteiger partial charge in [-0.15, -0.1) is 0 Å². The van der Waals surface area contributed by atoms with Gasteiger partial charge in [0.25, 0.3) is 10.0 Å². The molecule has 0 fully saturated rings. The molecule has 0 aliphatic carbocycles. The van der Waals surface area contributed by atoms with Crippen LogP contribution in [0.5, 0.6) is 5.75 Å². The molecule has 0 saturated heterocycles. The van der Waals surface area contributed by atoms with Crippen molar-refractivity contribution in [2.45, 2.75) is 36.4 Å². The highest BCUT2D eigenvalue weighted by Gasteiger charge is 2.37. The zero-order valence-electron chi connectivity index (χ0n) is 20.2. The molecule has 39 heavy (non-hydrogen) atoms. The van der Waals surface area contributed by atoms with Crippen LogP contribution in [0.1, 0.15) is 36.0 Å². The third kappa shape index (κ3) is 6.54. The molecule has 1 atom stereocenters. The lowest BCUT2D eigenvalue weighted by Gasteiger charge is -2.36. The first kappa shape index (κ1) is 28.4. The maximum Gasteiger partial charge on any atom is 0.416 e. The molecule has 3 aromatic rings. The molecule has 12 heteroatoms. The average molecular weight is 584 g/mol. The minimum absolute atomic E-state index is 0.0728. The fraction of sp³-hybridized carbons (Fsp3) is 0.222. The lowest BCUT2D eigenvalue weighted by molar-refractivity contribution is -0.138. The zero-order valence-corrected chi connectivity index (χ0v) is 21.7. The quantitative estimate of drug-likeness (QED) is 0.231. The number of sulfonamides is 1. The number of hydrogen-bond donors (Lipinski definition) is 1. The molecular weight excluding hydrogens is 562 g/mol. The maximum atomic E-state index is 14.2. The molecule has 1 aliphatic rings. The minimum atomic E-state index is -4.75. The van der Waals surface area contributed by atoms with Gasteiger partial charge < -0.3 is 9.84 Å². The minimum Gasteiger partial charge on any atom is -0.486 e. The van der Waals surface area contributed by atoms with E-state index in [9.17, 15) is 30.8 Å². The normalized spacial score (nSPS) is 15.7. The van der Waals surface area contributed by atoms with Crippen molar-refractivity contribution in [3.8, 4) is 5.75 Å². The molecule has 0 amide bonds. The molecular formula is C27H22ClF4NO5S. The number of fused-ring (bicyclic) bond motifs is 1. The Hall–Kier alpha value is -3.57. The Bertz CT molecular complexity index is 1500. The van der Waals surface area contributed by atoms with Crippen molar-refractivity contribution in [1.82, 2.24) is 0 Å². The Labute approximate surface area is 227 Å². The molecule has 1 unspecified atom stereocenters. The summed E-state index contributed by atoms with van der Waals surface area (Å²) in [6, 6.07) is 12.2. The first-order chi connectivity index (χ1) is 18.4. The van der Waals surface area contributed by atoms with Gasteiger partial charge >= 0.3 is 12.1 Å². The summed E-state index contributed by atoms with van der Waals surface area (Å²) in [5.74, 6) is -1.43. The number of benzene rings is 3. The summed E-state index contributed by atoms with van der Waals surface area (Å²) in [4.78, 5) is 10.4. The van der Waals surface area contributed by atoms with Crippen molar-refractivity contribution >= 4 is 45.4 Å². The van der Waals surface area contributed by atoms with Gasteiger partial charge in [0, 0.05) is 12.0 Å². The van der Waals surface area contributed by atoms with Crippen LogP contribution >= 0.6 is 11.6 Å². The van der Waals surface area contributed by atoms with Crippen LogP contribution in [0.2, 0.25) is 5.02 Å². The maximum absolute atomic E-state index is 14.2. The molecule has 4 rings (SSSR count). The highest BCUT2D eigenvalue weighted by atomic mass is 35.5. The first-order valence-electron chi connectivity index (χ1n) is 11.7. The van der Waals surface area contributed by atoms with Gasteiger partial charge in [-0.05, 0) is 66.9 Å². The van der Waals surface area contributed by atoms with Gasteiger partial charge in [0.15, 0.2) is 0 Å². The van der Waals surface area contributed by atoms with E-state index < -0.39 is 44.5 Å². The number of carbonyl (C=O) groups is 1. The number of ether oxygens (including phenoxy) is 1. The zero-order chi connectivity index (χ0) is 28.4. The van der Waals surface area contributed by atoms with Crippen molar-refractivity contribution in [2.24, 2.45) is 0 Å². The number of alkyl halides is 3. The summed E-state index contributed by atoms with van der Waals surface area (Å²) < 4.78 is 88.3. The lowest BCUT2D eigenvalue weighted by Crippen LogP contribution is -2.43. The third-order valence-electron chi connectivity index (χ3n) is 6.02. The average Bonchev–Trinajstić information content (AvgIpc) is 2.87. The summed E-state index contributed by atoms with van der Waals surface area (Å²) in [6.45, 7) is -0.252. The van der Waals surface area contributed by atoms with E-state index in [1.165, 1.54) is 42.5 Å². The van der Waals surface area contributed by atoms with Gasteiger partial charge in [0.05, 0.1) is 27.7 Å². The Kier molecular flexibility index (Phi) is 8.22. The number of aliphatic carboxylic acids is 1. The second-order valence-corrected chi connectivity index (χ2v) is 11.1. The molecule has 206 valence electrons. The number of rotatable bonds is 8. The molecule has 6 nitrogen and oxygen atoms in total. The van der Waals surface area contributed by atoms with Gasteiger partial charge in [0.1, 0.15) is 17.7 Å². The first-order valence-corrected chi connectivity index (χ1v) is 13.5. The SMILES string of the molecule is O=C(O)CCCC1CN(S(=O)(=O)c2cccc(C(F)(F)F)c2)c2cc(C=Cc3c(F)cccc3Cl)ccc2O1. The van der Waals surface area contributed by atoms with Gasteiger partial charge in [-0.1, -0.05) is 35.9 Å². The van der Waals surface area contributed by atoms with Gasteiger partial charge in [-0.25, -0.2) is 12.8 Å². The summed E-state index contributed by atoms with van der Waals surface area (Å²) in [5.41, 5.74) is -0.470. The van der Waals surface area contributed by atoms with Crippen molar-refractivity contribution in [3.05, 3.63) is 88.2 Å². The fourth-order valence-corrected chi connectivity index (χ4v) is 5.87. The van der Waals surface area contributed by atoms with Crippen LogP contribution in [0.3, 0.4) is 0 Å². The Balaban J connectivity index is 1.74. The Morgan fingerprint density at radius 1 is 1.10 bits per heavy atom. The predicted octanol–water partition coefficient (Wildman–Crippen LogP) is 6.88. The molecule has 0 aromatic heterocycles. The van der Waals surface area contributed by atoms with Gasteiger partial charge in [-0.3, -0.25) is 9.10 Å². The smallest absolute Gasteiger partial charge is 0.416 e. The Morgan fingerprint density at radius 3 is 2.54 bits per heavy atom. The highest BCUT2D eigenvalue weighted by molar-refractivity contribution is 7.92. The van der Waals surface area contributed by atoms with Crippen molar-refractivity contribution in [1.29, 1.82) is 0 Å². The summed E-state index contributed by atoms with van der Waals surface area (Å²) in [5, 5.41) is 9.11. The molecule has 3 aromatic carbocycles. The standard InChI is InChI=1S/C27H22ClF4NO5S/c28-22-7-3-8-23(29)21(22)12-10-17-11-13-25-24(14-17)33(16-19(38-25)5-2-9-26(34)35)39(36,37)20-6-1-4-18(15-20)27(30,31)32/h1,3-4,6-8,10-15,19H,2,5,9,16H2,(H,34,35). The number of hydrogen-bond acceptors (Lipinski definition) is 4. The van der Waals surface area contributed by atoms with E-state index >= 15 is 0 Å². The van der Waals surface area contributed by atoms with E-state index in [0.29, 0.717) is 11.6 Å². The van der Waals surface area contributed by atoms with Gasteiger partial charge in [-0.2, -0.15) is 13.2 Å². The fourth-order valence-electron chi connectivity index (χ4n) is 4.10. The largest absolute Gasteiger partial charge is 0.486 e. The molecule has 1 N–H and O–H groups in total. The van der Waals surface area contributed by atoms with Crippen LogP contribution in [0.25, 0.3) is 12.2 Å². The number of halogens is 5. The summed E-state index contributed by atoms with van der Waals surface area (Å²) in [7, 11) is -4.50. The van der Waals surface area contributed by atoms with Crippen molar-refractivity contribution < 1.29 is 40.6 Å². The topological polar surface area (TPSA) is 83.9 Å². The van der Waals surface area contributed by atoms with Gasteiger partial charge in [0.2, 0.25) is 0 Å². The van der Waals surface area contributed by atoms with Crippen LogP contribution in [-0.4, -0.2) is 32.1 Å². The Morgan fingerprint density at radius 2 is 1.85 bits per heavy atom. The van der Waals surface area contributed by atoms with Crippen LogP contribution in [0.15, 0.2) is 65.6 Å². The van der Waals surface area contributed by atoms with Crippen LogP contribution in [0.4, 0.5) is 23.2 Å². The number of nitrogens with zero attached hydrogens (tertiary/aromatic N) is 1. The molecule has 1 aliphatic heterocycles. The van der Waals surface area contributed by atoms with Crippen LogP contribution < -0.4 is 9.04 Å². The monoisotopic (exact) mass is 583 g/mol. The van der Waals surface area contributed by atoms with Crippen LogP contribution in [0, 0.1) is 5.82 Å². The van der Waals surface area contributed by atoms with Crippen LogP contribution in [-0.2, 0) is 21.0 Å².